The topological polar surface area (TPSA) is 79.3 Å². The maximum Gasteiger partial charge on any atom is 0.295 e. The Morgan fingerprint density at radius 1 is 1.11 bits per heavy atom. The number of rotatable bonds is 9. The van der Waals surface area contributed by atoms with Crippen LogP contribution in [0.3, 0.4) is 0 Å². The molecule has 2 saturated heterocycles. The molecule has 36 heavy (non-hydrogen) atoms. The van der Waals surface area contributed by atoms with Crippen molar-refractivity contribution in [2.24, 2.45) is 0 Å². The van der Waals surface area contributed by atoms with Crippen LogP contribution in [0, 0.1) is 12.7 Å². The average Bonchev–Trinajstić information content (AvgIpc) is 3.13. The first-order valence-electron chi connectivity index (χ1n) is 12.5. The summed E-state index contributed by atoms with van der Waals surface area (Å²) in [4.78, 5) is 30.1. The molecule has 2 aromatic rings. The Labute approximate surface area is 211 Å². The van der Waals surface area contributed by atoms with E-state index in [2.05, 4.69) is 4.90 Å². The molecule has 0 spiro atoms. The molecule has 2 heterocycles. The molecular weight excluding hydrogens is 463 g/mol. The van der Waals surface area contributed by atoms with Gasteiger partial charge in [0.05, 0.1) is 31.4 Å². The molecule has 4 rings (SSSR count). The van der Waals surface area contributed by atoms with Gasteiger partial charge < -0.3 is 19.5 Å². The Kier molecular flexibility index (Phi) is 8.38. The van der Waals surface area contributed by atoms with E-state index in [4.69, 9.17) is 9.47 Å². The summed E-state index contributed by atoms with van der Waals surface area (Å²) in [7, 11) is 0. The zero-order valence-electron chi connectivity index (χ0n) is 20.8. The third kappa shape index (κ3) is 5.60. The Morgan fingerprint density at radius 3 is 2.50 bits per heavy atom. The number of aliphatic hydroxyl groups excluding tert-OH is 1. The standard InChI is InChI=1S/C28H33FN2O5/c1-3-15-36-23-10-7-21(18-19(23)2)26(32)24-25(20-5-8-22(29)9-6-20)31(28(34)27(24)33)12-4-11-30-13-16-35-17-14-30/h5-10,18,25,32H,3-4,11-17H2,1-2H3/t25-/m1/s1. The molecule has 1 amide bonds. The second-order valence-corrected chi connectivity index (χ2v) is 9.18. The summed E-state index contributed by atoms with van der Waals surface area (Å²) in [5.41, 5.74) is 1.82. The van der Waals surface area contributed by atoms with Crippen LogP contribution in [0.25, 0.3) is 5.76 Å². The Morgan fingerprint density at radius 2 is 1.83 bits per heavy atom. The monoisotopic (exact) mass is 496 g/mol. The highest BCUT2D eigenvalue weighted by Gasteiger charge is 2.45. The Hall–Kier alpha value is -3.23. The van der Waals surface area contributed by atoms with Crippen LogP contribution in [0.15, 0.2) is 48.0 Å². The second-order valence-electron chi connectivity index (χ2n) is 9.18. The van der Waals surface area contributed by atoms with E-state index >= 15 is 0 Å². The van der Waals surface area contributed by atoms with E-state index in [1.54, 1.807) is 30.3 Å². The van der Waals surface area contributed by atoms with Crippen LogP contribution in [0.1, 0.15) is 42.5 Å². The number of hydrogen-bond acceptors (Lipinski definition) is 6. The van der Waals surface area contributed by atoms with E-state index < -0.39 is 23.5 Å². The lowest BCUT2D eigenvalue weighted by atomic mass is 9.94. The first kappa shape index (κ1) is 25.9. The maximum atomic E-state index is 13.7. The number of halogens is 1. The molecule has 2 fully saturated rings. The van der Waals surface area contributed by atoms with Gasteiger partial charge in [0.15, 0.2) is 0 Å². The lowest BCUT2D eigenvalue weighted by molar-refractivity contribution is -0.140. The molecule has 2 aliphatic heterocycles. The quantitative estimate of drug-likeness (QED) is 0.320. The van der Waals surface area contributed by atoms with Gasteiger partial charge in [0.1, 0.15) is 17.3 Å². The molecular formula is C28H33FN2O5. The van der Waals surface area contributed by atoms with Crippen molar-refractivity contribution in [3.63, 3.8) is 0 Å². The van der Waals surface area contributed by atoms with E-state index in [0.717, 1.165) is 31.6 Å². The highest BCUT2D eigenvalue weighted by molar-refractivity contribution is 6.46. The third-order valence-electron chi connectivity index (χ3n) is 6.61. The Bertz CT molecular complexity index is 1130. The zero-order valence-corrected chi connectivity index (χ0v) is 20.8. The lowest BCUT2D eigenvalue weighted by Gasteiger charge is -2.29. The first-order chi connectivity index (χ1) is 17.4. The Balaban J connectivity index is 1.66. The van der Waals surface area contributed by atoms with Crippen LogP contribution in [0.4, 0.5) is 4.39 Å². The number of carbonyl (C=O) groups is 2. The number of hydrogen-bond donors (Lipinski definition) is 1. The van der Waals surface area contributed by atoms with Crippen LogP contribution < -0.4 is 4.74 Å². The fraction of sp³-hybridized carbons (Fsp3) is 0.429. The van der Waals surface area contributed by atoms with Crippen molar-refractivity contribution in [1.82, 2.24) is 9.80 Å². The number of aryl methyl sites for hydroxylation is 1. The summed E-state index contributed by atoms with van der Waals surface area (Å²) >= 11 is 0. The van der Waals surface area contributed by atoms with Gasteiger partial charge in [-0.1, -0.05) is 19.1 Å². The number of amides is 1. The fourth-order valence-corrected chi connectivity index (χ4v) is 4.72. The van der Waals surface area contributed by atoms with Crippen molar-refractivity contribution in [2.75, 3.05) is 46.0 Å². The molecule has 0 bridgehead atoms. The molecule has 0 aromatic heterocycles. The van der Waals surface area contributed by atoms with E-state index in [1.165, 1.54) is 17.0 Å². The molecule has 0 unspecified atom stereocenters. The molecule has 8 heteroatoms. The van der Waals surface area contributed by atoms with Gasteiger partial charge in [-0.25, -0.2) is 4.39 Å². The molecule has 1 N–H and O–H groups in total. The van der Waals surface area contributed by atoms with Crippen molar-refractivity contribution in [3.8, 4) is 5.75 Å². The normalized spacial score (nSPS) is 20.2. The fourth-order valence-electron chi connectivity index (χ4n) is 4.72. The van der Waals surface area contributed by atoms with E-state index in [-0.39, 0.29) is 11.3 Å². The highest BCUT2D eigenvalue weighted by atomic mass is 19.1. The van der Waals surface area contributed by atoms with Crippen molar-refractivity contribution in [1.29, 1.82) is 0 Å². The highest BCUT2D eigenvalue weighted by Crippen LogP contribution is 2.40. The van der Waals surface area contributed by atoms with Gasteiger partial charge in [0.25, 0.3) is 11.7 Å². The predicted molar refractivity (Wildman–Crippen MR) is 134 cm³/mol. The van der Waals surface area contributed by atoms with Crippen LogP contribution in [0.2, 0.25) is 0 Å². The molecule has 0 radical (unpaired) electrons. The number of benzene rings is 2. The number of aliphatic hydroxyl groups is 1. The van der Waals surface area contributed by atoms with E-state index in [9.17, 15) is 19.1 Å². The summed E-state index contributed by atoms with van der Waals surface area (Å²) in [6, 6.07) is 10.1. The van der Waals surface area contributed by atoms with Gasteiger partial charge in [-0.05, 0) is 61.2 Å². The third-order valence-corrected chi connectivity index (χ3v) is 6.61. The van der Waals surface area contributed by atoms with Gasteiger partial charge in [-0.2, -0.15) is 0 Å². The number of ketones is 1. The average molecular weight is 497 g/mol. The molecule has 0 aliphatic carbocycles. The minimum atomic E-state index is -0.799. The van der Waals surface area contributed by atoms with Crippen molar-refractivity contribution in [3.05, 3.63) is 70.5 Å². The van der Waals surface area contributed by atoms with Gasteiger partial charge in [-0.15, -0.1) is 0 Å². The SMILES string of the molecule is CCCOc1ccc(C(O)=C2C(=O)C(=O)N(CCCN3CCOCC3)[C@@H]2c2ccc(F)cc2)cc1C. The van der Waals surface area contributed by atoms with Crippen molar-refractivity contribution < 1.29 is 28.6 Å². The van der Waals surface area contributed by atoms with Crippen LogP contribution in [0.5, 0.6) is 5.75 Å². The van der Waals surface area contributed by atoms with E-state index in [0.29, 0.717) is 49.7 Å². The molecule has 1 atom stereocenters. The number of Topliss-reactive ketones (excluding diaryl/α,β-unsaturated/α-hetero) is 1. The minimum absolute atomic E-state index is 0.0135. The van der Waals surface area contributed by atoms with Gasteiger partial charge >= 0.3 is 0 Å². The summed E-state index contributed by atoms with van der Waals surface area (Å²) in [6.07, 6.45) is 1.53. The smallest absolute Gasteiger partial charge is 0.295 e. The molecule has 192 valence electrons. The summed E-state index contributed by atoms with van der Waals surface area (Å²) in [5.74, 6) is -1.36. The molecule has 2 aromatic carbocycles. The number of nitrogens with zero attached hydrogens (tertiary/aromatic N) is 2. The molecule has 2 aliphatic rings. The number of likely N-dealkylation sites (tertiary alicyclic amines) is 1. The first-order valence-corrected chi connectivity index (χ1v) is 12.5. The lowest BCUT2D eigenvalue weighted by Crippen LogP contribution is -2.38. The van der Waals surface area contributed by atoms with Crippen molar-refractivity contribution in [2.45, 2.75) is 32.7 Å². The largest absolute Gasteiger partial charge is 0.507 e. The van der Waals surface area contributed by atoms with Gasteiger partial charge in [0, 0.05) is 31.7 Å². The van der Waals surface area contributed by atoms with Crippen LogP contribution in [-0.2, 0) is 14.3 Å². The van der Waals surface area contributed by atoms with Crippen LogP contribution in [-0.4, -0.2) is 72.6 Å². The summed E-state index contributed by atoms with van der Waals surface area (Å²) in [5, 5.41) is 11.3. The molecule has 0 saturated carbocycles. The zero-order chi connectivity index (χ0) is 25.7. The number of ether oxygens (including phenoxy) is 2. The predicted octanol–water partition coefficient (Wildman–Crippen LogP) is 4.07. The maximum absolute atomic E-state index is 13.7. The van der Waals surface area contributed by atoms with Crippen molar-refractivity contribution >= 4 is 17.4 Å². The second kappa shape index (κ2) is 11.7. The number of morpholine rings is 1. The minimum Gasteiger partial charge on any atom is -0.507 e. The summed E-state index contributed by atoms with van der Waals surface area (Å²) < 4.78 is 24.8. The number of carbonyl (C=O) groups excluding carboxylic acids is 2. The van der Waals surface area contributed by atoms with E-state index in [1.807, 2.05) is 13.8 Å². The van der Waals surface area contributed by atoms with Gasteiger partial charge in [0.2, 0.25) is 0 Å². The summed E-state index contributed by atoms with van der Waals surface area (Å²) in [6.45, 7) is 8.59. The molecule has 7 nitrogen and oxygen atoms in total. The van der Waals surface area contributed by atoms with Gasteiger partial charge in [-0.3, -0.25) is 14.5 Å². The van der Waals surface area contributed by atoms with Crippen LogP contribution >= 0.6 is 0 Å².